The average Bonchev–Trinajstić information content (AvgIpc) is 2.66. The van der Waals surface area contributed by atoms with Gasteiger partial charge < -0.3 is 0 Å². The maximum absolute atomic E-state index is 5.14. The van der Waals surface area contributed by atoms with Crippen molar-refractivity contribution in [3.63, 3.8) is 0 Å². The molecule has 0 spiro atoms. The SMILES string of the molecule is CCCCCCN=C1CCCC1C(=S)S. The molecular formula is C12H21NS2. The van der Waals surface area contributed by atoms with Gasteiger partial charge in [-0.05, 0) is 25.7 Å². The van der Waals surface area contributed by atoms with Gasteiger partial charge in [-0.15, -0.1) is 12.6 Å². The summed E-state index contributed by atoms with van der Waals surface area (Å²) in [6, 6.07) is 0. The van der Waals surface area contributed by atoms with Crippen LogP contribution in [0, 0.1) is 5.92 Å². The van der Waals surface area contributed by atoms with Gasteiger partial charge in [0, 0.05) is 18.2 Å². The van der Waals surface area contributed by atoms with Crippen molar-refractivity contribution in [1.29, 1.82) is 0 Å². The second-order valence-electron chi connectivity index (χ2n) is 4.22. The van der Waals surface area contributed by atoms with E-state index >= 15 is 0 Å². The van der Waals surface area contributed by atoms with Gasteiger partial charge in [-0.1, -0.05) is 38.4 Å². The van der Waals surface area contributed by atoms with E-state index in [1.165, 1.54) is 37.8 Å². The Bertz CT molecular complexity index is 236. The highest BCUT2D eigenvalue weighted by molar-refractivity contribution is 8.11. The lowest BCUT2D eigenvalue weighted by Crippen LogP contribution is -2.13. The van der Waals surface area contributed by atoms with E-state index in [0.717, 1.165) is 23.6 Å². The van der Waals surface area contributed by atoms with E-state index in [1.807, 2.05) is 0 Å². The lowest BCUT2D eigenvalue weighted by Gasteiger charge is -2.08. The van der Waals surface area contributed by atoms with Crippen LogP contribution in [0.2, 0.25) is 0 Å². The Morgan fingerprint density at radius 2 is 2.27 bits per heavy atom. The van der Waals surface area contributed by atoms with Crippen molar-refractivity contribution in [2.75, 3.05) is 6.54 Å². The molecular weight excluding hydrogens is 222 g/mol. The molecule has 1 nitrogen and oxygen atoms in total. The van der Waals surface area contributed by atoms with E-state index in [9.17, 15) is 0 Å². The zero-order chi connectivity index (χ0) is 11.1. The zero-order valence-corrected chi connectivity index (χ0v) is 11.2. The molecule has 1 unspecified atom stereocenters. The van der Waals surface area contributed by atoms with E-state index in [2.05, 4.69) is 24.5 Å². The van der Waals surface area contributed by atoms with Crippen LogP contribution in [0.1, 0.15) is 51.9 Å². The third-order valence-corrected chi connectivity index (χ3v) is 3.55. The first-order valence-corrected chi connectivity index (χ1v) is 6.87. The van der Waals surface area contributed by atoms with Crippen LogP contribution in [-0.2, 0) is 0 Å². The van der Waals surface area contributed by atoms with Crippen molar-refractivity contribution in [3.05, 3.63) is 0 Å². The first-order chi connectivity index (χ1) is 7.25. The number of hydrogen-bond donors (Lipinski definition) is 1. The number of hydrogen-bond acceptors (Lipinski definition) is 2. The standard InChI is InChI=1S/C12H21NS2/c1-2-3-4-5-9-13-11-8-6-7-10(11)12(14)15/h10H,2-9H2,1H3,(H,14,15). The topological polar surface area (TPSA) is 12.4 Å². The predicted octanol–water partition coefficient (Wildman–Crippen LogP) is 4.07. The summed E-state index contributed by atoms with van der Waals surface area (Å²) in [5, 5.41) is 0. The number of unbranched alkanes of at least 4 members (excludes halogenated alkanes) is 3. The number of rotatable bonds is 6. The molecule has 1 aliphatic rings. The minimum absolute atomic E-state index is 0.398. The van der Waals surface area contributed by atoms with Crippen molar-refractivity contribution in [2.45, 2.75) is 51.9 Å². The summed E-state index contributed by atoms with van der Waals surface area (Å²) in [5.74, 6) is 0.398. The second kappa shape index (κ2) is 7.39. The lowest BCUT2D eigenvalue weighted by atomic mass is 10.1. The van der Waals surface area contributed by atoms with Gasteiger partial charge in [-0.25, -0.2) is 0 Å². The molecule has 86 valence electrons. The Balaban J connectivity index is 2.28. The summed E-state index contributed by atoms with van der Waals surface area (Å²) in [5.41, 5.74) is 1.31. The number of thiol groups is 1. The fourth-order valence-electron chi connectivity index (χ4n) is 2.04. The monoisotopic (exact) mass is 243 g/mol. The van der Waals surface area contributed by atoms with Gasteiger partial charge in [-0.2, -0.15) is 0 Å². The molecule has 0 bridgehead atoms. The quantitative estimate of drug-likeness (QED) is 0.421. The summed E-state index contributed by atoms with van der Waals surface area (Å²) in [7, 11) is 0. The summed E-state index contributed by atoms with van der Waals surface area (Å²) in [6.45, 7) is 3.22. The zero-order valence-electron chi connectivity index (χ0n) is 9.54. The molecule has 0 amide bonds. The predicted molar refractivity (Wildman–Crippen MR) is 75.4 cm³/mol. The van der Waals surface area contributed by atoms with Crippen LogP contribution in [0.5, 0.6) is 0 Å². The van der Waals surface area contributed by atoms with Crippen LogP contribution in [0.15, 0.2) is 4.99 Å². The smallest absolute Gasteiger partial charge is 0.0535 e. The van der Waals surface area contributed by atoms with Gasteiger partial charge >= 0.3 is 0 Å². The molecule has 0 aromatic heterocycles. The lowest BCUT2D eigenvalue weighted by molar-refractivity contribution is 0.674. The molecule has 0 saturated heterocycles. The molecule has 0 radical (unpaired) electrons. The fourth-order valence-corrected chi connectivity index (χ4v) is 2.58. The molecule has 0 aliphatic heterocycles. The highest BCUT2D eigenvalue weighted by Crippen LogP contribution is 2.25. The molecule has 1 rings (SSSR count). The van der Waals surface area contributed by atoms with Gasteiger partial charge in [0.1, 0.15) is 0 Å². The van der Waals surface area contributed by atoms with E-state index < -0.39 is 0 Å². The maximum Gasteiger partial charge on any atom is 0.0535 e. The van der Waals surface area contributed by atoms with Gasteiger partial charge in [0.25, 0.3) is 0 Å². The molecule has 0 heterocycles. The summed E-state index contributed by atoms with van der Waals surface area (Å²) in [6.07, 6.45) is 8.69. The van der Waals surface area contributed by atoms with Gasteiger partial charge in [0.15, 0.2) is 0 Å². The molecule has 0 aromatic rings. The van der Waals surface area contributed by atoms with Crippen LogP contribution < -0.4 is 0 Å². The molecule has 1 fully saturated rings. The average molecular weight is 243 g/mol. The molecule has 1 atom stereocenters. The minimum Gasteiger partial charge on any atom is -0.293 e. The Morgan fingerprint density at radius 3 is 2.93 bits per heavy atom. The first kappa shape index (κ1) is 13.2. The molecule has 15 heavy (non-hydrogen) atoms. The van der Waals surface area contributed by atoms with Crippen LogP contribution in [-0.4, -0.2) is 16.5 Å². The van der Waals surface area contributed by atoms with Crippen LogP contribution in [0.4, 0.5) is 0 Å². The van der Waals surface area contributed by atoms with Crippen LogP contribution >= 0.6 is 24.8 Å². The Hall–Kier alpha value is 0.110. The highest BCUT2D eigenvalue weighted by Gasteiger charge is 2.24. The van der Waals surface area contributed by atoms with Crippen molar-refractivity contribution >= 4 is 34.8 Å². The van der Waals surface area contributed by atoms with E-state index in [0.29, 0.717) is 5.92 Å². The maximum atomic E-state index is 5.14. The Morgan fingerprint density at radius 1 is 1.47 bits per heavy atom. The van der Waals surface area contributed by atoms with Crippen molar-refractivity contribution in [2.24, 2.45) is 10.9 Å². The summed E-state index contributed by atoms with van der Waals surface area (Å²) >= 11 is 9.42. The third kappa shape index (κ3) is 4.64. The molecule has 1 aliphatic carbocycles. The van der Waals surface area contributed by atoms with E-state index in [-0.39, 0.29) is 0 Å². The minimum atomic E-state index is 0.398. The number of aliphatic imine (C=N–C) groups is 1. The van der Waals surface area contributed by atoms with Crippen molar-refractivity contribution in [1.82, 2.24) is 0 Å². The Labute approximate surface area is 104 Å². The van der Waals surface area contributed by atoms with E-state index in [1.54, 1.807) is 0 Å². The van der Waals surface area contributed by atoms with E-state index in [4.69, 9.17) is 12.2 Å². The highest BCUT2D eigenvalue weighted by atomic mass is 32.1. The van der Waals surface area contributed by atoms with Crippen LogP contribution in [0.3, 0.4) is 0 Å². The molecule has 3 heteroatoms. The summed E-state index contributed by atoms with van der Waals surface area (Å²) in [4.78, 5) is 4.68. The fraction of sp³-hybridized carbons (Fsp3) is 0.833. The second-order valence-corrected chi connectivity index (χ2v) is 5.44. The first-order valence-electron chi connectivity index (χ1n) is 6.01. The largest absolute Gasteiger partial charge is 0.293 e. The number of thiocarbonyl (C=S) groups is 1. The summed E-state index contributed by atoms with van der Waals surface area (Å²) < 4.78 is 0.833. The molecule has 1 saturated carbocycles. The van der Waals surface area contributed by atoms with Gasteiger partial charge in [0.2, 0.25) is 0 Å². The van der Waals surface area contributed by atoms with Crippen molar-refractivity contribution < 1.29 is 0 Å². The normalized spacial score (nSPS) is 23.6. The Kier molecular flexibility index (Phi) is 6.50. The van der Waals surface area contributed by atoms with Gasteiger partial charge in [0.05, 0.1) is 4.20 Å². The van der Waals surface area contributed by atoms with Gasteiger partial charge in [-0.3, -0.25) is 4.99 Å². The molecule has 0 aromatic carbocycles. The van der Waals surface area contributed by atoms with Crippen LogP contribution in [0.25, 0.3) is 0 Å². The number of nitrogens with zero attached hydrogens (tertiary/aromatic N) is 1. The molecule has 0 N–H and O–H groups in total. The third-order valence-electron chi connectivity index (χ3n) is 2.95. The van der Waals surface area contributed by atoms with Crippen molar-refractivity contribution in [3.8, 4) is 0 Å².